The Morgan fingerprint density at radius 2 is 2.05 bits per heavy atom. The molecule has 1 aliphatic carbocycles. The number of alkyl halides is 1. The standard InChI is InChI=1S/C16H19BrO3/c1-2-20-15(19)16(9-5-8-14(16)18)10-12-6-3-4-7-13(12)11-17/h3-4,6-7H,2,5,8-11H2,1H3. The van der Waals surface area contributed by atoms with Gasteiger partial charge >= 0.3 is 5.97 Å². The summed E-state index contributed by atoms with van der Waals surface area (Å²) in [6, 6.07) is 7.92. The first kappa shape index (κ1) is 15.2. The Labute approximate surface area is 127 Å². The van der Waals surface area contributed by atoms with E-state index in [4.69, 9.17) is 4.74 Å². The number of carbonyl (C=O) groups excluding carboxylic acids is 2. The van der Waals surface area contributed by atoms with Gasteiger partial charge in [-0.1, -0.05) is 40.2 Å². The number of rotatable bonds is 5. The van der Waals surface area contributed by atoms with Crippen LogP contribution in [0.15, 0.2) is 24.3 Å². The fourth-order valence-corrected chi connectivity index (χ4v) is 3.41. The van der Waals surface area contributed by atoms with Gasteiger partial charge in [-0.15, -0.1) is 0 Å². The molecule has 0 saturated heterocycles. The predicted molar refractivity (Wildman–Crippen MR) is 80.7 cm³/mol. The average Bonchev–Trinajstić information content (AvgIpc) is 2.82. The highest BCUT2D eigenvalue weighted by molar-refractivity contribution is 9.08. The number of Topliss-reactive ketones (excluding diaryl/α,β-unsaturated/α-hetero) is 1. The normalized spacial score (nSPS) is 22.0. The molecule has 4 heteroatoms. The number of ketones is 1. The van der Waals surface area contributed by atoms with Crippen molar-refractivity contribution in [2.45, 2.75) is 37.9 Å². The average molecular weight is 339 g/mol. The van der Waals surface area contributed by atoms with E-state index in [-0.39, 0.29) is 11.8 Å². The van der Waals surface area contributed by atoms with E-state index in [1.54, 1.807) is 6.92 Å². The van der Waals surface area contributed by atoms with Crippen molar-refractivity contribution >= 4 is 27.7 Å². The summed E-state index contributed by atoms with van der Waals surface area (Å²) < 4.78 is 5.17. The number of hydrogen-bond acceptors (Lipinski definition) is 3. The molecule has 0 heterocycles. The van der Waals surface area contributed by atoms with Gasteiger partial charge in [-0.3, -0.25) is 9.59 Å². The Kier molecular flexibility index (Phi) is 4.97. The smallest absolute Gasteiger partial charge is 0.319 e. The highest BCUT2D eigenvalue weighted by Gasteiger charge is 2.49. The molecule has 1 unspecified atom stereocenters. The molecule has 2 rings (SSSR count). The largest absolute Gasteiger partial charge is 0.465 e. The minimum Gasteiger partial charge on any atom is -0.465 e. The van der Waals surface area contributed by atoms with Crippen LogP contribution in [0.4, 0.5) is 0 Å². The van der Waals surface area contributed by atoms with Crippen molar-refractivity contribution in [2.24, 2.45) is 5.41 Å². The third kappa shape index (κ3) is 2.80. The van der Waals surface area contributed by atoms with Gasteiger partial charge in [0.2, 0.25) is 0 Å². The first-order valence-electron chi connectivity index (χ1n) is 6.97. The topological polar surface area (TPSA) is 43.4 Å². The molecule has 3 nitrogen and oxygen atoms in total. The summed E-state index contributed by atoms with van der Waals surface area (Å²) in [7, 11) is 0. The van der Waals surface area contributed by atoms with Crippen molar-refractivity contribution in [3.05, 3.63) is 35.4 Å². The summed E-state index contributed by atoms with van der Waals surface area (Å²) in [5, 5.41) is 0.719. The maximum Gasteiger partial charge on any atom is 0.319 e. The van der Waals surface area contributed by atoms with E-state index in [9.17, 15) is 9.59 Å². The van der Waals surface area contributed by atoms with Gasteiger partial charge in [0.1, 0.15) is 5.41 Å². The van der Waals surface area contributed by atoms with Gasteiger partial charge < -0.3 is 4.74 Å². The third-order valence-corrected chi connectivity index (χ3v) is 4.57. The summed E-state index contributed by atoms with van der Waals surface area (Å²) in [5.74, 6) is -0.327. The molecule has 0 radical (unpaired) electrons. The van der Waals surface area contributed by atoms with Gasteiger partial charge in [-0.05, 0) is 37.3 Å². The lowest BCUT2D eigenvalue weighted by atomic mass is 9.78. The summed E-state index contributed by atoms with van der Waals surface area (Å²) >= 11 is 3.46. The quantitative estimate of drug-likeness (QED) is 0.469. The van der Waals surface area contributed by atoms with Gasteiger partial charge in [0, 0.05) is 11.8 Å². The molecular weight excluding hydrogens is 320 g/mol. The van der Waals surface area contributed by atoms with Crippen LogP contribution in [0.3, 0.4) is 0 Å². The Bertz CT molecular complexity index is 512. The number of carbonyl (C=O) groups is 2. The van der Waals surface area contributed by atoms with E-state index in [2.05, 4.69) is 15.9 Å². The number of hydrogen-bond donors (Lipinski definition) is 0. The summed E-state index contributed by atoms with van der Waals surface area (Å²) in [6.07, 6.45) is 2.30. The molecular formula is C16H19BrO3. The zero-order chi connectivity index (χ0) is 14.6. The molecule has 0 spiro atoms. The molecule has 1 saturated carbocycles. The number of benzene rings is 1. The first-order chi connectivity index (χ1) is 9.64. The van der Waals surface area contributed by atoms with Crippen molar-refractivity contribution in [1.29, 1.82) is 0 Å². The van der Waals surface area contributed by atoms with Crippen LogP contribution < -0.4 is 0 Å². The van der Waals surface area contributed by atoms with Crippen molar-refractivity contribution in [3.63, 3.8) is 0 Å². The molecule has 1 aliphatic rings. The van der Waals surface area contributed by atoms with Crippen LogP contribution in [0, 0.1) is 5.41 Å². The van der Waals surface area contributed by atoms with Gasteiger partial charge in [-0.25, -0.2) is 0 Å². The van der Waals surface area contributed by atoms with Crippen LogP contribution in [0.25, 0.3) is 0 Å². The lowest BCUT2D eigenvalue weighted by molar-refractivity contribution is -0.158. The summed E-state index contributed by atoms with van der Waals surface area (Å²) in [4.78, 5) is 24.6. The SMILES string of the molecule is CCOC(=O)C1(Cc2ccccc2CBr)CCCC1=O. The molecule has 1 aromatic rings. The Hall–Kier alpha value is -1.16. The van der Waals surface area contributed by atoms with E-state index in [0.29, 0.717) is 25.9 Å². The number of halogens is 1. The highest BCUT2D eigenvalue weighted by atomic mass is 79.9. The highest BCUT2D eigenvalue weighted by Crippen LogP contribution is 2.40. The molecule has 1 atom stereocenters. The molecule has 0 bridgehead atoms. The molecule has 1 fully saturated rings. The number of ether oxygens (including phenoxy) is 1. The van der Waals surface area contributed by atoms with Crippen LogP contribution in [0.2, 0.25) is 0 Å². The van der Waals surface area contributed by atoms with Crippen LogP contribution in [0.1, 0.15) is 37.3 Å². The summed E-state index contributed by atoms with van der Waals surface area (Å²) in [5.41, 5.74) is 1.21. The molecule has 0 N–H and O–H groups in total. The molecule has 108 valence electrons. The molecule has 1 aromatic carbocycles. The number of esters is 1. The van der Waals surface area contributed by atoms with Crippen molar-refractivity contribution in [1.82, 2.24) is 0 Å². The third-order valence-electron chi connectivity index (χ3n) is 3.96. The second kappa shape index (κ2) is 6.53. The second-order valence-electron chi connectivity index (χ2n) is 5.16. The van der Waals surface area contributed by atoms with Crippen molar-refractivity contribution in [3.8, 4) is 0 Å². The Balaban J connectivity index is 2.34. The monoisotopic (exact) mass is 338 g/mol. The van der Waals surface area contributed by atoms with Gasteiger partial charge in [0.15, 0.2) is 5.78 Å². The molecule has 0 amide bonds. The van der Waals surface area contributed by atoms with Crippen molar-refractivity contribution < 1.29 is 14.3 Å². The van der Waals surface area contributed by atoms with Crippen LogP contribution in [0.5, 0.6) is 0 Å². The first-order valence-corrected chi connectivity index (χ1v) is 8.09. The summed E-state index contributed by atoms with van der Waals surface area (Å²) in [6.45, 7) is 2.09. The predicted octanol–water partition coefficient (Wildman–Crippen LogP) is 3.43. The van der Waals surface area contributed by atoms with Gasteiger partial charge in [0.05, 0.1) is 6.61 Å². The van der Waals surface area contributed by atoms with Crippen LogP contribution in [-0.2, 0) is 26.1 Å². The fraction of sp³-hybridized carbons (Fsp3) is 0.500. The van der Waals surface area contributed by atoms with E-state index in [0.717, 1.165) is 22.9 Å². The van der Waals surface area contributed by atoms with Crippen LogP contribution in [-0.4, -0.2) is 18.4 Å². The van der Waals surface area contributed by atoms with Crippen LogP contribution >= 0.6 is 15.9 Å². The Morgan fingerprint density at radius 1 is 1.35 bits per heavy atom. The maximum atomic E-state index is 12.3. The van der Waals surface area contributed by atoms with Crippen molar-refractivity contribution in [2.75, 3.05) is 6.61 Å². The minimum atomic E-state index is -0.964. The lowest BCUT2D eigenvalue weighted by Gasteiger charge is -2.26. The molecule has 0 aromatic heterocycles. The fourth-order valence-electron chi connectivity index (χ4n) is 2.86. The van der Waals surface area contributed by atoms with E-state index in [1.165, 1.54) is 0 Å². The molecule has 0 aliphatic heterocycles. The molecule has 20 heavy (non-hydrogen) atoms. The Morgan fingerprint density at radius 3 is 2.60 bits per heavy atom. The zero-order valence-corrected chi connectivity index (χ0v) is 13.2. The van der Waals surface area contributed by atoms with E-state index >= 15 is 0 Å². The maximum absolute atomic E-state index is 12.3. The van der Waals surface area contributed by atoms with E-state index in [1.807, 2.05) is 24.3 Å². The van der Waals surface area contributed by atoms with E-state index < -0.39 is 5.41 Å². The zero-order valence-electron chi connectivity index (χ0n) is 11.7. The van der Waals surface area contributed by atoms with Gasteiger partial charge in [-0.2, -0.15) is 0 Å². The second-order valence-corrected chi connectivity index (χ2v) is 5.72. The van der Waals surface area contributed by atoms with Gasteiger partial charge in [0.25, 0.3) is 0 Å². The lowest BCUT2D eigenvalue weighted by Crippen LogP contribution is -2.39. The minimum absolute atomic E-state index is 0.0281.